The van der Waals surface area contributed by atoms with Gasteiger partial charge in [0.05, 0.1) is 5.56 Å². The predicted octanol–water partition coefficient (Wildman–Crippen LogP) is 3.18. The fourth-order valence-corrected chi connectivity index (χ4v) is 3.06. The molecule has 0 fully saturated rings. The van der Waals surface area contributed by atoms with Gasteiger partial charge in [0.15, 0.2) is 11.4 Å². The van der Waals surface area contributed by atoms with Gasteiger partial charge in [0.25, 0.3) is 5.91 Å². The van der Waals surface area contributed by atoms with Crippen LogP contribution in [0.15, 0.2) is 82.2 Å². The topological polar surface area (TPSA) is 73.4 Å². The molecule has 0 saturated carbocycles. The largest absolute Gasteiger partial charge is 0.357 e. The molecule has 0 bridgehead atoms. The van der Waals surface area contributed by atoms with Crippen LogP contribution >= 0.6 is 15.9 Å². The highest BCUT2D eigenvalue weighted by Crippen LogP contribution is 2.18. The van der Waals surface area contributed by atoms with Crippen molar-refractivity contribution in [3.05, 3.63) is 105 Å². The molecule has 0 spiro atoms. The number of rotatable bonds is 3. The van der Waals surface area contributed by atoms with Gasteiger partial charge in [-0.3, -0.25) is 9.59 Å². The zero-order valence-electron chi connectivity index (χ0n) is 13.9. The van der Waals surface area contributed by atoms with Crippen LogP contribution < -0.4 is 5.69 Å². The molecule has 2 heterocycles. The maximum Gasteiger partial charge on any atom is 0.357 e. The molecule has 27 heavy (non-hydrogen) atoms. The first-order valence-electron chi connectivity index (χ1n) is 8.06. The molecule has 0 atom stereocenters. The van der Waals surface area contributed by atoms with E-state index in [1.54, 1.807) is 60.7 Å². The minimum Gasteiger partial charge on any atom is -0.289 e. The Kier molecular flexibility index (Phi) is 4.29. The quantitative estimate of drug-likeness (QED) is 0.476. The van der Waals surface area contributed by atoms with E-state index < -0.39 is 11.6 Å². The Morgan fingerprint density at radius 3 is 2.22 bits per heavy atom. The Hall–Kier alpha value is -3.32. The van der Waals surface area contributed by atoms with Gasteiger partial charge in [-0.15, -0.1) is 9.78 Å². The molecule has 0 aliphatic heterocycles. The first-order valence-corrected chi connectivity index (χ1v) is 8.86. The van der Waals surface area contributed by atoms with Crippen molar-refractivity contribution in [2.45, 2.75) is 0 Å². The molecule has 2 aromatic heterocycles. The summed E-state index contributed by atoms with van der Waals surface area (Å²) in [7, 11) is 0. The van der Waals surface area contributed by atoms with Crippen LogP contribution in [0.2, 0.25) is 0 Å². The Morgan fingerprint density at radius 2 is 1.52 bits per heavy atom. The molecular formula is C20H12BrN3O3. The summed E-state index contributed by atoms with van der Waals surface area (Å²) in [5.74, 6) is -0.951. The normalized spacial score (nSPS) is 10.9. The smallest absolute Gasteiger partial charge is 0.289 e. The average Bonchev–Trinajstić information content (AvgIpc) is 3.04. The van der Waals surface area contributed by atoms with Crippen LogP contribution in [0.3, 0.4) is 0 Å². The minimum atomic E-state index is -0.648. The summed E-state index contributed by atoms with van der Waals surface area (Å²) in [6.45, 7) is 0. The van der Waals surface area contributed by atoms with Gasteiger partial charge >= 0.3 is 5.69 Å². The van der Waals surface area contributed by atoms with Gasteiger partial charge in [-0.05, 0) is 42.5 Å². The summed E-state index contributed by atoms with van der Waals surface area (Å²) < 4.78 is 2.90. The van der Waals surface area contributed by atoms with Crippen LogP contribution in [0, 0.1) is 0 Å². The number of carbonyl (C=O) groups is 2. The molecule has 6 nitrogen and oxygen atoms in total. The number of aromatic nitrogens is 3. The zero-order valence-corrected chi connectivity index (χ0v) is 15.5. The van der Waals surface area contributed by atoms with Gasteiger partial charge in [-0.2, -0.15) is 0 Å². The lowest BCUT2D eigenvalue weighted by Crippen LogP contribution is -2.29. The summed E-state index contributed by atoms with van der Waals surface area (Å²) in [4.78, 5) is 38.3. The van der Waals surface area contributed by atoms with Gasteiger partial charge in [-0.25, -0.2) is 9.20 Å². The number of ketones is 1. The van der Waals surface area contributed by atoms with Crippen LogP contribution in [0.1, 0.15) is 26.3 Å². The zero-order chi connectivity index (χ0) is 19.0. The fourth-order valence-electron chi connectivity index (χ4n) is 2.80. The molecule has 7 heteroatoms. The van der Waals surface area contributed by atoms with Crippen LogP contribution in [0.5, 0.6) is 0 Å². The van der Waals surface area contributed by atoms with Gasteiger partial charge < -0.3 is 0 Å². The number of benzene rings is 2. The molecule has 0 aliphatic carbocycles. The molecule has 0 aliphatic rings. The lowest BCUT2D eigenvalue weighted by atomic mass is 9.98. The number of pyridine rings is 1. The van der Waals surface area contributed by atoms with Crippen LogP contribution in [-0.2, 0) is 0 Å². The number of fused-ring (bicyclic) bond motifs is 1. The van der Waals surface area contributed by atoms with Crippen molar-refractivity contribution >= 4 is 33.3 Å². The molecule has 0 saturated heterocycles. The summed E-state index contributed by atoms with van der Waals surface area (Å²) >= 11 is 3.33. The van der Waals surface area contributed by atoms with Crippen LogP contribution in [-0.4, -0.2) is 25.9 Å². The summed E-state index contributed by atoms with van der Waals surface area (Å²) in [6.07, 6.45) is 1.54. The van der Waals surface area contributed by atoms with E-state index in [4.69, 9.17) is 0 Å². The Morgan fingerprint density at radius 1 is 0.852 bits per heavy atom. The second-order valence-corrected chi connectivity index (χ2v) is 6.73. The summed E-state index contributed by atoms with van der Waals surface area (Å²) in [5.41, 5.74) is 0.555. The third-order valence-corrected chi connectivity index (χ3v) is 4.66. The second-order valence-electron chi connectivity index (χ2n) is 5.81. The molecule has 4 rings (SSSR count). The number of halogens is 1. The van der Waals surface area contributed by atoms with Crippen molar-refractivity contribution < 1.29 is 9.59 Å². The molecule has 0 amide bonds. The molecule has 0 unspecified atom stereocenters. The van der Waals surface area contributed by atoms with E-state index in [1.807, 2.05) is 0 Å². The van der Waals surface area contributed by atoms with E-state index in [-0.39, 0.29) is 16.9 Å². The van der Waals surface area contributed by atoms with Crippen LogP contribution in [0.4, 0.5) is 0 Å². The van der Waals surface area contributed by atoms with Crippen molar-refractivity contribution in [3.63, 3.8) is 0 Å². The lowest BCUT2D eigenvalue weighted by molar-refractivity contribution is 0.0930. The lowest BCUT2D eigenvalue weighted by Gasteiger charge is -2.07. The molecule has 2 aromatic carbocycles. The summed E-state index contributed by atoms with van der Waals surface area (Å²) in [6, 6.07) is 18.3. The standard InChI is InChI=1S/C20H12BrN3O3/c21-14-10-8-13(9-11-14)18(25)15-5-1-2-6-16(15)19(26)24-20(27)23-12-4-3-7-17(23)22-24/h1-12H. The van der Waals surface area contributed by atoms with Crippen molar-refractivity contribution in [1.82, 2.24) is 14.2 Å². The first kappa shape index (κ1) is 17.1. The van der Waals surface area contributed by atoms with E-state index in [0.717, 1.165) is 9.15 Å². The van der Waals surface area contributed by atoms with E-state index in [2.05, 4.69) is 21.0 Å². The molecule has 132 valence electrons. The number of nitrogens with zero attached hydrogens (tertiary/aromatic N) is 3. The highest BCUT2D eigenvalue weighted by Gasteiger charge is 2.22. The highest BCUT2D eigenvalue weighted by atomic mass is 79.9. The Bertz CT molecular complexity index is 1240. The average molecular weight is 422 g/mol. The van der Waals surface area contributed by atoms with Crippen molar-refractivity contribution in [3.8, 4) is 0 Å². The Labute approximate surface area is 161 Å². The number of carbonyl (C=O) groups excluding carboxylic acids is 2. The van der Waals surface area contributed by atoms with E-state index in [0.29, 0.717) is 11.2 Å². The fraction of sp³-hybridized carbons (Fsp3) is 0. The van der Waals surface area contributed by atoms with E-state index >= 15 is 0 Å². The number of hydrogen-bond acceptors (Lipinski definition) is 4. The molecule has 0 N–H and O–H groups in total. The maximum atomic E-state index is 13.0. The Balaban J connectivity index is 1.81. The highest BCUT2D eigenvalue weighted by molar-refractivity contribution is 9.10. The first-order chi connectivity index (χ1) is 13.1. The monoisotopic (exact) mass is 421 g/mol. The molecule has 4 aromatic rings. The van der Waals surface area contributed by atoms with Crippen molar-refractivity contribution in [1.29, 1.82) is 0 Å². The third-order valence-electron chi connectivity index (χ3n) is 4.13. The molecule has 0 radical (unpaired) electrons. The maximum absolute atomic E-state index is 13.0. The second kappa shape index (κ2) is 6.77. The van der Waals surface area contributed by atoms with Gasteiger partial charge in [0, 0.05) is 21.8 Å². The van der Waals surface area contributed by atoms with Gasteiger partial charge in [0.1, 0.15) is 0 Å². The van der Waals surface area contributed by atoms with E-state index in [9.17, 15) is 14.4 Å². The van der Waals surface area contributed by atoms with Crippen molar-refractivity contribution in [2.24, 2.45) is 0 Å². The molecular weight excluding hydrogens is 410 g/mol. The predicted molar refractivity (Wildman–Crippen MR) is 103 cm³/mol. The van der Waals surface area contributed by atoms with E-state index in [1.165, 1.54) is 16.7 Å². The van der Waals surface area contributed by atoms with Gasteiger partial charge in [-0.1, -0.05) is 40.2 Å². The summed E-state index contributed by atoms with van der Waals surface area (Å²) in [5, 5.41) is 4.07. The minimum absolute atomic E-state index is 0.121. The van der Waals surface area contributed by atoms with Crippen LogP contribution in [0.25, 0.3) is 5.65 Å². The number of hydrogen-bond donors (Lipinski definition) is 0. The van der Waals surface area contributed by atoms with Gasteiger partial charge in [0.2, 0.25) is 0 Å². The van der Waals surface area contributed by atoms with Crippen molar-refractivity contribution in [2.75, 3.05) is 0 Å². The third kappa shape index (κ3) is 3.02. The SMILES string of the molecule is O=C(c1ccc(Br)cc1)c1ccccc1C(=O)n1nc2ccccn2c1=O.